The molecule has 0 bridgehead atoms. The van der Waals surface area contributed by atoms with Gasteiger partial charge in [-0.2, -0.15) is 0 Å². The molecular weight excluding hydrogens is 354 g/mol. The van der Waals surface area contributed by atoms with Crippen LogP contribution in [0.1, 0.15) is 43.6 Å². The number of urea groups is 1. The van der Waals surface area contributed by atoms with Gasteiger partial charge in [-0.3, -0.25) is 4.79 Å². The summed E-state index contributed by atoms with van der Waals surface area (Å²) >= 11 is 0. The summed E-state index contributed by atoms with van der Waals surface area (Å²) in [6.07, 6.45) is 8.20. The molecule has 3 aliphatic heterocycles. The first-order chi connectivity index (χ1) is 13.5. The van der Waals surface area contributed by atoms with Crippen molar-refractivity contribution in [2.24, 2.45) is 17.1 Å². The Morgan fingerprint density at radius 1 is 1.07 bits per heavy atom. The molecule has 0 aromatic carbocycles. The zero-order valence-corrected chi connectivity index (χ0v) is 16.3. The van der Waals surface area contributed by atoms with Crippen molar-refractivity contribution >= 4 is 17.8 Å². The van der Waals surface area contributed by atoms with Crippen LogP contribution in [0.3, 0.4) is 0 Å². The van der Waals surface area contributed by atoms with Crippen LogP contribution in [0.15, 0.2) is 18.3 Å². The maximum atomic E-state index is 12.6. The molecule has 4 aliphatic rings. The second kappa shape index (κ2) is 6.64. The Balaban J connectivity index is 1.12. The highest BCUT2D eigenvalue weighted by atomic mass is 16.2. The summed E-state index contributed by atoms with van der Waals surface area (Å²) in [5.74, 6) is 0.951. The lowest BCUT2D eigenvalue weighted by atomic mass is 9.78. The van der Waals surface area contributed by atoms with Gasteiger partial charge in [0.05, 0.1) is 5.92 Å². The summed E-state index contributed by atoms with van der Waals surface area (Å²) in [5, 5.41) is 0. The van der Waals surface area contributed by atoms with Gasteiger partial charge >= 0.3 is 6.03 Å². The molecule has 150 valence electrons. The number of likely N-dealkylation sites (tertiary alicyclic amines) is 2. The molecule has 1 aromatic heterocycles. The topological polar surface area (TPSA) is 82.8 Å². The zero-order valence-electron chi connectivity index (χ0n) is 16.3. The highest BCUT2D eigenvalue weighted by Gasteiger charge is 2.45. The first-order valence-corrected chi connectivity index (χ1v) is 10.6. The first kappa shape index (κ1) is 17.8. The van der Waals surface area contributed by atoms with Crippen LogP contribution >= 0.6 is 0 Å². The fourth-order valence-corrected chi connectivity index (χ4v) is 5.40. The van der Waals surface area contributed by atoms with Crippen LogP contribution < -0.4 is 10.6 Å². The maximum absolute atomic E-state index is 12.6. The number of nitrogens with two attached hydrogens (primary N) is 1. The molecule has 3 amide bonds. The number of carbonyl (C=O) groups is 2. The quantitative estimate of drug-likeness (QED) is 0.863. The van der Waals surface area contributed by atoms with E-state index in [4.69, 9.17) is 10.7 Å². The van der Waals surface area contributed by atoms with Gasteiger partial charge < -0.3 is 20.4 Å². The molecule has 1 spiro atoms. The van der Waals surface area contributed by atoms with E-state index < -0.39 is 0 Å². The number of hydrogen-bond donors (Lipinski definition) is 1. The molecule has 0 unspecified atom stereocenters. The highest BCUT2D eigenvalue weighted by molar-refractivity contribution is 5.80. The lowest BCUT2D eigenvalue weighted by Gasteiger charge is -2.49. The van der Waals surface area contributed by atoms with Crippen molar-refractivity contribution in [1.82, 2.24) is 14.8 Å². The van der Waals surface area contributed by atoms with Gasteiger partial charge in [-0.25, -0.2) is 9.78 Å². The standard InChI is InChI=1S/C21H29N5O2/c22-19(27)16-5-8-24(10-16)20(28)25-11-17(12-25)15-3-4-18(23-9-15)26-13-21(14-26)6-1-2-7-21/h3-4,9,16-17H,1-2,5-8,10-14H2,(H2,22,27)/t16-/m0/s1. The van der Waals surface area contributed by atoms with Gasteiger partial charge in [0, 0.05) is 56.8 Å². The van der Waals surface area contributed by atoms with E-state index in [1.54, 1.807) is 4.90 Å². The Bertz CT molecular complexity index is 760. The van der Waals surface area contributed by atoms with Gasteiger partial charge in [-0.1, -0.05) is 18.9 Å². The minimum atomic E-state index is -0.302. The zero-order chi connectivity index (χ0) is 19.3. The van der Waals surface area contributed by atoms with Crippen molar-refractivity contribution in [3.63, 3.8) is 0 Å². The van der Waals surface area contributed by atoms with Crippen LogP contribution in [-0.4, -0.2) is 66.0 Å². The van der Waals surface area contributed by atoms with Gasteiger partial charge in [0.1, 0.15) is 5.82 Å². The summed E-state index contributed by atoms with van der Waals surface area (Å²) < 4.78 is 0. The molecule has 28 heavy (non-hydrogen) atoms. The van der Waals surface area contributed by atoms with E-state index in [1.807, 2.05) is 11.1 Å². The third-order valence-corrected chi connectivity index (χ3v) is 7.30. The molecule has 0 radical (unpaired) electrons. The largest absolute Gasteiger partial charge is 0.369 e. The predicted molar refractivity (Wildman–Crippen MR) is 106 cm³/mol. The monoisotopic (exact) mass is 383 g/mol. The maximum Gasteiger partial charge on any atom is 0.320 e. The van der Waals surface area contributed by atoms with Crippen LogP contribution in [0.5, 0.6) is 0 Å². The van der Waals surface area contributed by atoms with E-state index in [2.05, 4.69) is 17.0 Å². The number of aromatic nitrogens is 1. The second-order valence-corrected chi connectivity index (χ2v) is 9.23. The molecule has 1 aromatic rings. The lowest BCUT2D eigenvalue weighted by molar-refractivity contribution is -0.121. The summed E-state index contributed by atoms with van der Waals surface area (Å²) in [4.78, 5) is 34.6. The summed E-state index contributed by atoms with van der Waals surface area (Å²) in [6.45, 7) is 4.86. The second-order valence-electron chi connectivity index (χ2n) is 9.23. The SMILES string of the molecule is NC(=O)[C@H]1CCN(C(=O)N2CC(c3ccc(N4CC5(CCCC5)C4)nc3)C2)C1. The molecule has 1 saturated carbocycles. The molecule has 5 rings (SSSR count). The number of primary amides is 1. The summed E-state index contributed by atoms with van der Waals surface area (Å²) in [6, 6.07) is 4.35. The third kappa shape index (κ3) is 3.01. The smallest absolute Gasteiger partial charge is 0.320 e. The Kier molecular flexibility index (Phi) is 4.21. The number of anilines is 1. The molecule has 7 heteroatoms. The fraction of sp³-hybridized carbons (Fsp3) is 0.667. The Morgan fingerprint density at radius 2 is 1.82 bits per heavy atom. The van der Waals surface area contributed by atoms with Crippen LogP contribution in [0.25, 0.3) is 0 Å². The number of amides is 3. The van der Waals surface area contributed by atoms with Crippen LogP contribution in [0.2, 0.25) is 0 Å². The lowest BCUT2D eigenvalue weighted by Crippen LogP contribution is -2.55. The van der Waals surface area contributed by atoms with E-state index in [-0.39, 0.29) is 17.9 Å². The number of carbonyl (C=O) groups excluding carboxylic acids is 2. The molecular formula is C21H29N5O2. The van der Waals surface area contributed by atoms with E-state index in [0.29, 0.717) is 30.8 Å². The fourth-order valence-electron chi connectivity index (χ4n) is 5.40. The predicted octanol–water partition coefficient (Wildman–Crippen LogP) is 1.79. The van der Waals surface area contributed by atoms with Gasteiger partial charge in [-0.05, 0) is 30.9 Å². The molecule has 3 saturated heterocycles. The average molecular weight is 383 g/mol. The minimum Gasteiger partial charge on any atom is -0.369 e. The van der Waals surface area contributed by atoms with Crippen molar-refractivity contribution in [1.29, 1.82) is 0 Å². The summed E-state index contributed by atoms with van der Waals surface area (Å²) in [7, 11) is 0. The Labute approximate surface area is 165 Å². The number of rotatable bonds is 3. The Morgan fingerprint density at radius 3 is 2.43 bits per heavy atom. The third-order valence-electron chi connectivity index (χ3n) is 7.30. The Hall–Kier alpha value is -2.31. The number of nitrogens with zero attached hydrogens (tertiary/aromatic N) is 4. The summed E-state index contributed by atoms with van der Waals surface area (Å²) in [5.41, 5.74) is 7.15. The molecule has 2 N–H and O–H groups in total. The first-order valence-electron chi connectivity index (χ1n) is 10.6. The minimum absolute atomic E-state index is 0.0343. The van der Waals surface area contributed by atoms with E-state index in [1.165, 1.54) is 31.2 Å². The van der Waals surface area contributed by atoms with Crippen molar-refractivity contribution < 1.29 is 9.59 Å². The van der Waals surface area contributed by atoms with Gasteiger partial charge in [0.15, 0.2) is 0 Å². The van der Waals surface area contributed by atoms with E-state index in [9.17, 15) is 9.59 Å². The van der Waals surface area contributed by atoms with Crippen LogP contribution in [0.4, 0.5) is 10.6 Å². The van der Waals surface area contributed by atoms with E-state index >= 15 is 0 Å². The van der Waals surface area contributed by atoms with Gasteiger partial charge in [0.2, 0.25) is 5.91 Å². The highest BCUT2D eigenvalue weighted by Crippen LogP contribution is 2.46. The molecule has 1 atom stereocenters. The molecule has 7 nitrogen and oxygen atoms in total. The number of hydrogen-bond acceptors (Lipinski definition) is 4. The van der Waals surface area contributed by atoms with Crippen molar-refractivity contribution in [3.8, 4) is 0 Å². The molecule has 1 aliphatic carbocycles. The average Bonchev–Trinajstić information content (AvgIpc) is 3.30. The van der Waals surface area contributed by atoms with Gasteiger partial charge in [-0.15, -0.1) is 0 Å². The van der Waals surface area contributed by atoms with E-state index in [0.717, 1.165) is 32.0 Å². The van der Waals surface area contributed by atoms with Crippen molar-refractivity contribution in [2.75, 3.05) is 44.2 Å². The molecule has 4 heterocycles. The van der Waals surface area contributed by atoms with Gasteiger partial charge in [0.25, 0.3) is 0 Å². The molecule has 4 fully saturated rings. The van der Waals surface area contributed by atoms with Crippen molar-refractivity contribution in [3.05, 3.63) is 23.9 Å². The van der Waals surface area contributed by atoms with Crippen LogP contribution in [0, 0.1) is 11.3 Å². The van der Waals surface area contributed by atoms with Crippen LogP contribution in [-0.2, 0) is 4.79 Å². The number of pyridine rings is 1. The normalized spacial score (nSPS) is 26.4. The van der Waals surface area contributed by atoms with Crippen molar-refractivity contribution in [2.45, 2.75) is 38.0 Å².